The zero-order chi connectivity index (χ0) is 12.1. The maximum Gasteiger partial charge on any atom is 0.107 e. The van der Waals surface area contributed by atoms with E-state index in [1.165, 1.54) is 18.5 Å². The van der Waals surface area contributed by atoms with Crippen molar-refractivity contribution in [2.24, 2.45) is 0 Å². The van der Waals surface area contributed by atoms with Crippen LogP contribution in [-0.4, -0.2) is 40.5 Å². The normalized spacial score (nSPS) is 15.7. The summed E-state index contributed by atoms with van der Waals surface area (Å²) in [6.07, 6.45) is 5.66. The van der Waals surface area contributed by atoms with E-state index in [0.717, 1.165) is 44.5 Å². The van der Waals surface area contributed by atoms with Crippen molar-refractivity contribution in [2.75, 3.05) is 19.6 Å². The van der Waals surface area contributed by atoms with E-state index in [4.69, 9.17) is 0 Å². The number of H-pyrrole nitrogens is 1. The Labute approximate surface area is 104 Å². The Bertz CT molecular complexity index is 326. The Morgan fingerprint density at radius 3 is 2.82 bits per heavy atom. The van der Waals surface area contributed by atoms with Crippen molar-refractivity contribution in [3.63, 3.8) is 0 Å². The van der Waals surface area contributed by atoms with Crippen molar-refractivity contribution in [3.05, 3.63) is 17.7 Å². The van der Waals surface area contributed by atoms with Crippen LogP contribution in [0.4, 0.5) is 0 Å². The summed E-state index contributed by atoms with van der Waals surface area (Å²) in [5.41, 5.74) is 1.21. The number of aromatic amines is 1. The second-order valence-electron chi connectivity index (χ2n) is 4.79. The largest absolute Gasteiger partial charge is 0.345 e. The van der Waals surface area contributed by atoms with Gasteiger partial charge in [0.1, 0.15) is 5.82 Å². The van der Waals surface area contributed by atoms with E-state index in [1.54, 1.807) is 0 Å². The fraction of sp³-hybridized carbons (Fsp3) is 0.769. The Kier molecular flexibility index (Phi) is 4.57. The van der Waals surface area contributed by atoms with Crippen LogP contribution in [-0.2, 0) is 13.0 Å². The van der Waals surface area contributed by atoms with E-state index >= 15 is 0 Å². The van der Waals surface area contributed by atoms with Crippen molar-refractivity contribution in [1.82, 2.24) is 20.2 Å². The van der Waals surface area contributed by atoms with E-state index in [0.29, 0.717) is 0 Å². The van der Waals surface area contributed by atoms with E-state index in [1.807, 2.05) is 6.20 Å². The topological polar surface area (TPSA) is 44.0 Å². The summed E-state index contributed by atoms with van der Waals surface area (Å²) < 4.78 is 0. The molecule has 1 fully saturated rings. The third-order valence-electron chi connectivity index (χ3n) is 3.40. The van der Waals surface area contributed by atoms with Gasteiger partial charge in [-0.25, -0.2) is 4.98 Å². The molecule has 1 saturated carbocycles. The predicted octanol–water partition coefficient (Wildman–Crippen LogP) is 1.55. The van der Waals surface area contributed by atoms with Gasteiger partial charge in [-0.2, -0.15) is 0 Å². The van der Waals surface area contributed by atoms with Crippen molar-refractivity contribution in [2.45, 2.75) is 45.7 Å². The molecule has 1 heterocycles. The lowest BCUT2D eigenvalue weighted by Crippen LogP contribution is -2.25. The molecule has 0 spiro atoms. The van der Waals surface area contributed by atoms with Crippen LogP contribution < -0.4 is 5.32 Å². The van der Waals surface area contributed by atoms with Gasteiger partial charge in [-0.15, -0.1) is 0 Å². The molecule has 2 N–H and O–H groups in total. The number of hydrogen-bond donors (Lipinski definition) is 2. The average Bonchev–Trinajstić information content (AvgIpc) is 3.07. The highest BCUT2D eigenvalue weighted by Crippen LogP contribution is 2.18. The van der Waals surface area contributed by atoms with Gasteiger partial charge in [-0.05, 0) is 25.9 Å². The number of nitrogens with one attached hydrogen (secondary N) is 2. The molecular weight excluding hydrogens is 212 g/mol. The highest BCUT2D eigenvalue weighted by atomic mass is 15.1. The van der Waals surface area contributed by atoms with Crippen LogP contribution in [0, 0.1) is 0 Å². The molecule has 1 aliphatic carbocycles. The van der Waals surface area contributed by atoms with Gasteiger partial charge in [0, 0.05) is 37.4 Å². The van der Waals surface area contributed by atoms with E-state index in [2.05, 4.69) is 34.0 Å². The molecule has 4 heteroatoms. The SMILES string of the molecule is CCN(CC)CCc1ncc(CNC2CC2)[nH]1. The van der Waals surface area contributed by atoms with Crippen molar-refractivity contribution in [1.29, 1.82) is 0 Å². The minimum absolute atomic E-state index is 0.762. The predicted molar refractivity (Wildman–Crippen MR) is 69.9 cm³/mol. The van der Waals surface area contributed by atoms with Gasteiger partial charge < -0.3 is 15.2 Å². The number of likely N-dealkylation sites (N-methyl/N-ethyl adjacent to an activating group) is 1. The number of rotatable bonds is 8. The minimum atomic E-state index is 0.762. The van der Waals surface area contributed by atoms with Gasteiger partial charge >= 0.3 is 0 Å². The first-order chi connectivity index (χ1) is 8.31. The second kappa shape index (κ2) is 6.17. The Balaban J connectivity index is 1.72. The summed E-state index contributed by atoms with van der Waals surface area (Å²) in [6.45, 7) is 8.67. The van der Waals surface area contributed by atoms with Crippen LogP contribution in [0.3, 0.4) is 0 Å². The molecule has 0 aliphatic heterocycles. The summed E-state index contributed by atoms with van der Waals surface area (Å²) >= 11 is 0. The Morgan fingerprint density at radius 1 is 1.41 bits per heavy atom. The highest BCUT2D eigenvalue weighted by molar-refractivity contribution is 5.02. The van der Waals surface area contributed by atoms with Gasteiger partial charge in [-0.3, -0.25) is 0 Å². The van der Waals surface area contributed by atoms with Crippen molar-refractivity contribution < 1.29 is 0 Å². The monoisotopic (exact) mass is 236 g/mol. The molecule has 0 aromatic carbocycles. The quantitative estimate of drug-likeness (QED) is 0.719. The highest BCUT2D eigenvalue weighted by Gasteiger charge is 2.20. The van der Waals surface area contributed by atoms with Crippen LogP contribution in [0.2, 0.25) is 0 Å². The third-order valence-corrected chi connectivity index (χ3v) is 3.40. The van der Waals surface area contributed by atoms with Crippen LogP contribution >= 0.6 is 0 Å². The third kappa shape index (κ3) is 4.13. The van der Waals surface area contributed by atoms with Crippen molar-refractivity contribution >= 4 is 0 Å². The van der Waals surface area contributed by atoms with Gasteiger partial charge in [0.05, 0.1) is 0 Å². The molecule has 1 aromatic heterocycles. The van der Waals surface area contributed by atoms with Gasteiger partial charge in [0.15, 0.2) is 0 Å². The van der Waals surface area contributed by atoms with Crippen LogP contribution in [0.5, 0.6) is 0 Å². The molecule has 0 amide bonds. The molecule has 1 aromatic rings. The van der Waals surface area contributed by atoms with E-state index in [9.17, 15) is 0 Å². The zero-order valence-electron chi connectivity index (χ0n) is 11.0. The second-order valence-corrected chi connectivity index (χ2v) is 4.79. The van der Waals surface area contributed by atoms with E-state index < -0.39 is 0 Å². The first-order valence-corrected chi connectivity index (χ1v) is 6.80. The lowest BCUT2D eigenvalue weighted by Gasteiger charge is -2.16. The van der Waals surface area contributed by atoms with Gasteiger partial charge in [-0.1, -0.05) is 13.8 Å². The van der Waals surface area contributed by atoms with Crippen LogP contribution in [0.15, 0.2) is 6.20 Å². The van der Waals surface area contributed by atoms with Crippen molar-refractivity contribution in [3.8, 4) is 0 Å². The maximum atomic E-state index is 4.43. The average molecular weight is 236 g/mol. The maximum absolute atomic E-state index is 4.43. The van der Waals surface area contributed by atoms with Crippen LogP contribution in [0.1, 0.15) is 38.2 Å². The molecule has 0 unspecified atom stereocenters. The standard InChI is InChI=1S/C13H24N4/c1-3-17(4-2)8-7-13-15-10-12(16-13)9-14-11-5-6-11/h10-11,14H,3-9H2,1-2H3,(H,15,16). The molecule has 17 heavy (non-hydrogen) atoms. The summed E-state index contributed by atoms with van der Waals surface area (Å²) in [5.74, 6) is 1.12. The van der Waals surface area contributed by atoms with Gasteiger partial charge in [0.25, 0.3) is 0 Å². The van der Waals surface area contributed by atoms with E-state index in [-0.39, 0.29) is 0 Å². The first kappa shape index (κ1) is 12.6. The number of hydrogen-bond acceptors (Lipinski definition) is 3. The number of nitrogens with zero attached hydrogens (tertiary/aromatic N) is 2. The lowest BCUT2D eigenvalue weighted by atomic mass is 10.3. The molecule has 96 valence electrons. The molecule has 0 saturated heterocycles. The first-order valence-electron chi connectivity index (χ1n) is 6.80. The fourth-order valence-corrected chi connectivity index (χ4v) is 1.97. The zero-order valence-corrected chi connectivity index (χ0v) is 11.0. The molecular formula is C13H24N4. The summed E-state index contributed by atoms with van der Waals surface area (Å²) in [5, 5.41) is 3.49. The Morgan fingerprint density at radius 2 is 2.18 bits per heavy atom. The summed E-state index contributed by atoms with van der Waals surface area (Å²) in [6, 6.07) is 0.762. The molecule has 0 bridgehead atoms. The molecule has 1 aliphatic rings. The summed E-state index contributed by atoms with van der Waals surface area (Å²) in [7, 11) is 0. The smallest absolute Gasteiger partial charge is 0.107 e. The minimum Gasteiger partial charge on any atom is -0.345 e. The number of aromatic nitrogens is 2. The molecule has 0 radical (unpaired) electrons. The number of imidazole rings is 1. The Hall–Kier alpha value is -0.870. The lowest BCUT2D eigenvalue weighted by molar-refractivity contribution is 0.306. The molecule has 2 rings (SSSR count). The molecule has 4 nitrogen and oxygen atoms in total. The van der Waals surface area contributed by atoms with Gasteiger partial charge in [0.2, 0.25) is 0 Å². The molecule has 0 atom stereocenters. The summed E-state index contributed by atoms with van der Waals surface area (Å²) in [4.78, 5) is 10.3. The van der Waals surface area contributed by atoms with Crippen LogP contribution in [0.25, 0.3) is 0 Å². The fourth-order valence-electron chi connectivity index (χ4n) is 1.97.